The molecule has 2 N–H and O–H groups in total. The molecule has 0 spiro atoms. The second kappa shape index (κ2) is 4.20. The largest absolute Gasteiger partial charge is 0.327 e. The van der Waals surface area contributed by atoms with Crippen LogP contribution in [0.5, 0.6) is 0 Å². The summed E-state index contributed by atoms with van der Waals surface area (Å²) in [5.41, 5.74) is 7.95. The topological polar surface area (TPSA) is 38.9 Å². The Bertz CT molecular complexity index is 550. The minimum absolute atomic E-state index is 0.215. The van der Waals surface area contributed by atoms with Crippen LogP contribution in [-0.4, -0.2) is 11.0 Å². The van der Waals surface area contributed by atoms with Gasteiger partial charge in [0.2, 0.25) is 0 Å². The van der Waals surface area contributed by atoms with E-state index in [-0.39, 0.29) is 11.9 Å². The van der Waals surface area contributed by atoms with Crippen LogP contribution in [0.1, 0.15) is 17.0 Å². The van der Waals surface area contributed by atoms with Crippen molar-refractivity contribution in [3.63, 3.8) is 0 Å². The van der Waals surface area contributed by atoms with Crippen molar-refractivity contribution in [2.24, 2.45) is 5.73 Å². The molecule has 0 amide bonds. The van der Waals surface area contributed by atoms with Gasteiger partial charge in [-0.15, -0.1) is 11.3 Å². The summed E-state index contributed by atoms with van der Waals surface area (Å²) in [6.07, 6.45) is 2.85. The van der Waals surface area contributed by atoms with Crippen LogP contribution in [0.2, 0.25) is 0 Å². The lowest BCUT2D eigenvalue weighted by Gasteiger charge is -2.15. The highest BCUT2D eigenvalue weighted by Crippen LogP contribution is 2.32. The van der Waals surface area contributed by atoms with Gasteiger partial charge in [0.15, 0.2) is 0 Å². The van der Waals surface area contributed by atoms with E-state index in [0.29, 0.717) is 0 Å². The number of hydrogen-bond acceptors (Lipinski definition) is 3. The number of rotatable bonds is 1. The average Bonchev–Trinajstić information content (AvgIpc) is 2.72. The zero-order chi connectivity index (χ0) is 11.8. The Morgan fingerprint density at radius 2 is 2.29 bits per heavy atom. The maximum atomic E-state index is 13.2. The maximum absolute atomic E-state index is 13.2. The van der Waals surface area contributed by atoms with Gasteiger partial charge in [-0.1, -0.05) is 12.1 Å². The van der Waals surface area contributed by atoms with E-state index in [9.17, 15) is 4.39 Å². The number of hydrogen-bond donors (Lipinski definition) is 1. The van der Waals surface area contributed by atoms with E-state index in [2.05, 4.69) is 4.98 Å². The number of benzene rings is 1. The highest BCUT2D eigenvalue weighted by atomic mass is 32.1. The zero-order valence-electron chi connectivity index (χ0n) is 9.32. The van der Waals surface area contributed by atoms with Gasteiger partial charge in [-0.3, -0.25) is 0 Å². The third kappa shape index (κ3) is 2.10. The molecule has 2 nitrogen and oxygen atoms in total. The van der Waals surface area contributed by atoms with Gasteiger partial charge in [-0.25, -0.2) is 9.37 Å². The number of nitrogens with zero attached hydrogens (tertiary/aromatic N) is 1. The molecule has 1 aromatic carbocycles. The summed E-state index contributed by atoms with van der Waals surface area (Å²) in [4.78, 5) is 5.86. The SMILES string of the molecule is NC1CCc2nc(-c3cccc(F)c3)sc2C1. The second-order valence-electron chi connectivity index (χ2n) is 4.40. The van der Waals surface area contributed by atoms with Crippen molar-refractivity contribution in [3.05, 3.63) is 40.7 Å². The number of fused-ring (bicyclic) bond motifs is 1. The molecule has 3 rings (SSSR count). The second-order valence-corrected chi connectivity index (χ2v) is 5.49. The molecule has 1 heterocycles. The molecular weight excluding hydrogens is 235 g/mol. The van der Waals surface area contributed by atoms with Gasteiger partial charge in [0.25, 0.3) is 0 Å². The molecule has 0 radical (unpaired) electrons. The molecule has 0 saturated heterocycles. The maximum Gasteiger partial charge on any atom is 0.123 e. The number of aromatic nitrogens is 1. The average molecular weight is 248 g/mol. The Labute approximate surface area is 103 Å². The molecule has 4 heteroatoms. The van der Waals surface area contributed by atoms with E-state index in [1.165, 1.54) is 17.0 Å². The summed E-state index contributed by atoms with van der Waals surface area (Å²) in [7, 11) is 0. The van der Waals surface area contributed by atoms with Gasteiger partial charge in [0, 0.05) is 16.5 Å². The molecule has 1 aliphatic rings. The number of halogens is 1. The Morgan fingerprint density at radius 3 is 3.12 bits per heavy atom. The molecule has 1 aromatic heterocycles. The van der Waals surface area contributed by atoms with Crippen LogP contribution in [0.25, 0.3) is 10.6 Å². The third-order valence-electron chi connectivity index (χ3n) is 3.05. The smallest absolute Gasteiger partial charge is 0.123 e. The van der Waals surface area contributed by atoms with Crippen LogP contribution in [-0.2, 0) is 12.8 Å². The van der Waals surface area contributed by atoms with Crippen molar-refractivity contribution in [2.75, 3.05) is 0 Å². The fourth-order valence-electron chi connectivity index (χ4n) is 2.15. The first-order chi connectivity index (χ1) is 8.22. The predicted molar refractivity (Wildman–Crippen MR) is 67.5 cm³/mol. The Balaban J connectivity index is 2.00. The van der Waals surface area contributed by atoms with Crippen LogP contribution in [0, 0.1) is 5.82 Å². The first-order valence-corrected chi connectivity index (χ1v) is 6.54. The zero-order valence-corrected chi connectivity index (χ0v) is 10.1. The highest BCUT2D eigenvalue weighted by Gasteiger charge is 2.20. The van der Waals surface area contributed by atoms with E-state index < -0.39 is 0 Å². The van der Waals surface area contributed by atoms with Crippen molar-refractivity contribution in [3.8, 4) is 10.6 Å². The van der Waals surface area contributed by atoms with E-state index in [0.717, 1.165) is 35.5 Å². The number of aryl methyl sites for hydroxylation is 1. The van der Waals surface area contributed by atoms with E-state index >= 15 is 0 Å². The van der Waals surface area contributed by atoms with Crippen LogP contribution in [0.15, 0.2) is 24.3 Å². The fraction of sp³-hybridized carbons (Fsp3) is 0.308. The predicted octanol–water partition coefficient (Wildman–Crippen LogP) is 2.77. The first-order valence-electron chi connectivity index (χ1n) is 5.72. The fourth-order valence-corrected chi connectivity index (χ4v) is 3.34. The van der Waals surface area contributed by atoms with Crippen molar-refractivity contribution in [1.29, 1.82) is 0 Å². The number of thiazole rings is 1. The normalized spacial score (nSPS) is 19.1. The minimum atomic E-state index is -0.215. The summed E-state index contributed by atoms with van der Waals surface area (Å²) in [6.45, 7) is 0. The molecule has 2 aromatic rings. The minimum Gasteiger partial charge on any atom is -0.327 e. The molecule has 1 unspecified atom stereocenters. The van der Waals surface area contributed by atoms with Gasteiger partial charge in [0.1, 0.15) is 10.8 Å². The van der Waals surface area contributed by atoms with E-state index in [4.69, 9.17) is 5.73 Å². The lowest BCUT2D eigenvalue weighted by Crippen LogP contribution is -2.26. The first kappa shape index (κ1) is 10.9. The Hall–Kier alpha value is -1.26. The lowest BCUT2D eigenvalue weighted by molar-refractivity contribution is 0.576. The van der Waals surface area contributed by atoms with Crippen molar-refractivity contribution in [1.82, 2.24) is 4.98 Å². The third-order valence-corrected chi connectivity index (χ3v) is 4.22. The summed E-state index contributed by atoms with van der Waals surface area (Å²) in [5.74, 6) is -0.215. The molecule has 0 aliphatic heterocycles. The molecule has 1 aliphatic carbocycles. The molecule has 88 valence electrons. The van der Waals surface area contributed by atoms with E-state index in [1.54, 1.807) is 17.4 Å². The quantitative estimate of drug-likeness (QED) is 0.842. The van der Waals surface area contributed by atoms with Gasteiger partial charge in [0.05, 0.1) is 5.69 Å². The summed E-state index contributed by atoms with van der Waals surface area (Å²) in [5, 5.41) is 0.906. The van der Waals surface area contributed by atoms with Crippen LogP contribution in [0.3, 0.4) is 0 Å². The van der Waals surface area contributed by atoms with Crippen molar-refractivity contribution < 1.29 is 4.39 Å². The molecule has 1 atom stereocenters. The molecule has 17 heavy (non-hydrogen) atoms. The van der Waals surface area contributed by atoms with Crippen LogP contribution in [0.4, 0.5) is 4.39 Å². The summed E-state index contributed by atoms with van der Waals surface area (Å²) in [6, 6.07) is 6.85. The van der Waals surface area contributed by atoms with Gasteiger partial charge < -0.3 is 5.73 Å². The lowest BCUT2D eigenvalue weighted by atomic mass is 9.99. The van der Waals surface area contributed by atoms with Crippen molar-refractivity contribution >= 4 is 11.3 Å². The van der Waals surface area contributed by atoms with Crippen LogP contribution < -0.4 is 5.73 Å². The van der Waals surface area contributed by atoms with Crippen LogP contribution >= 0.6 is 11.3 Å². The monoisotopic (exact) mass is 248 g/mol. The molecular formula is C13H13FN2S. The van der Waals surface area contributed by atoms with Gasteiger partial charge >= 0.3 is 0 Å². The Morgan fingerprint density at radius 1 is 1.41 bits per heavy atom. The molecule has 0 fully saturated rings. The molecule has 0 saturated carbocycles. The number of nitrogens with two attached hydrogens (primary N) is 1. The summed E-state index contributed by atoms with van der Waals surface area (Å²) >= 11 is 1.64. The molecule has 0 bridgehead atoms. The standard InChI is InChI=1S/C13H13FN2S/c14-9-3-1-2-8(6-9)13-16-11-5-4-10(15)7-12(11)17-13/h1-3,6,10H,4-5,7,15H2. The van der Waals surface area contributed by atoms with Gasteiger partial charge in [-0.2, -0.15) is 0 Å². The van der Waals surface area contributed by atoms with E-state index in [1.807, 2.05) is 6.07 Å². The Kier molecular flexibility index (Phi) is 2.68. The van der Waals surface area contributed by atoms with Crippen molar-refractivity contribution in [2.45, 2.75) is 25.3 Å². The summed E-state index contributed by atoms with van der Waals surface area (Å²) < 4.78 is 13.2. The highest BCUT2D eigenvalue weighted by molar-refractivity contribution is 7.15. The van der Waals surface area contributed by atoms with Gasteiger partial charge in [-0.05, 0) is 31.4 Å².